The SMILES string of the molecule is COCCN1C(=O)N[C@@H]2CN(C(=O)Cc3ccccc3C)CC[C@@H]21. The van der Waals surface area contributed by atoms with Gasteiger partial charge in [0.05, 0.1) is 25.1 Å². The molecule has 0 saturated carbocycles. The lowest BCUT2D eigenvalue weighted by Crippen LogP contribution is -2.53. The van der Waals surface area contributed by atoms with Crippen molar-refractivity contribution >= 4 is 11.9 Å². The van der Waals surface area contributed by atoms with Crippen LogP contribution < -0.4 is 5.32 Å². The van der Waals surface area contributed by atoms with E-state index in [0.29, 0.717) is 32.7 Å². The highest BCUT2D eigenvalue weighted by Crippen LogP contribution is 2.23. The quantitative estimate of drug-likeness (QED) is 0.881. The highest BCUT2D eigenvalue weighted by Gasteiger charge is 2.43. The van der Waals surface area contributed by atoms with Crippen molar-refractivity contribution in [1.82, 2.24) is 15.1 Å². The molecule has 3 amide bonds. The minimum Gasteiger partial charge on any atom is -0.383 e. The van der Waals surface area contributed by atoms with Crippen molar-refractivity contribution in [2.75, 3.05) is 33.4 Å². The number of rotatable bonds is 5. The Morgan fingerprint density at radius 3 is 2.92 bits per heavy atom. The second kappa shape index (κ2) is 7.21. The van der Waals surface area contributed by atoms with Crippen LogP contribution in [0.4, 0.5) is 4.79 Å². The maximum Gasteiger partial charge on any atom is 0.318 e. The Kier molecular flexibility index (Phi) is 5.04. The van der Waals surface area contributed by atoms with Gasteiger partial charge in [0.1, 0.15) is 0 Å². The number of nitrogens with zero attached hydrogens (tertiary/aromatic N) is 2. The summed E-state index contributed by atoms with van der Waals surface area (Å²) in [5.74, 6) is 0.132. The van der Waals surface area contributed by atoms with Gasteiger partial charge in [0.15, 0.2) is 0 Å². The van der Waals surface area contributed by atoms with Crippen molar-refractivity contribution < 1.29 is 14.3 Å². The van der Waals surface area contributed by atoms with Crippen LogP contribution in [0.1, 0.15) is 17.5 Å². The van der Waals surface area contributed by atoms with Crippen LogP contribution in [0, 0.1) is 6.92 Å². The summed E-state index contributed by atoms with van der Waals surface area (Å²) >= 11 is 0. The second-order valence-electron chi connectivity index (χ2n) is 6.54. The maximum atomic E-state index is 12.6. The number of methoxy groups -OCH3 is 1. The topological polar surface area (TPSA) is 61.9 Å². The zero-order valence-corrected chi connectivity index (χ0v) is 14.3. The fraction of sp³-hybridized carbons (Fsp3) is 0.556. The highest BCUT2D eigenvalue weighted by atomic mass is 16.5. The lowest BCUT2D eigenvalue weighted by atomic mass is 9.98. The van der Waals surface area contributed by atoms with Crippen LogP contribution in [0.15, 0.2) is 24.3 Å². The largest absolute Gasteiger partial charge is 0.383 e. The van der Waals surface area contributed by atoms with E-state index >= 15 is 0 Å². The number of carbonyl (C=O) groups is 2. The summed E-state index contributed by atoms with van der Waals surface area (Å²) < 4.78 is 5.08. The number of fused-ring (bicyclic) bond motifs is 1. The molecule has 0 radical (unpaired) electrons. The molecule has 1 aromatic rings. The molecule has 2 fully saturated rings. The molecule has 2 heterocycles. The molecule has 6 nitrogen and oxygen atoms in total. The zero-order chi connectivity index (χ0) is 17.1. The third-order valence-electron chi connectivity index (χ3n) is 5.04. The fourth-order valence-electron chi connectivity index (χ4n) is 3.61. The highest BCUT2D eigenvalue weighted by molar-refractivity contribution is 5.81. The number of nitrogens with one attached hydrogen (secondary N) is 1. The van der Waals surface area contributed by atoms with E-state index in [4.69, 9.17) is 4.74 Å². The summed E-state index contributed by atoms with van der Waals surface area (Å²) in [6.07, 6.45) is 1.23. The standard InChI is InChI=1S/C18H25N3O3/c1-13-5-3-4-6-14(13)11-17(22)20-8-7-16-15(12-20)19-18(23)21(16)9-10-24-2/h3-6,15-16H,7-12H2,1-2H3,(H,19,23)/t15-,16+/m1/s1. The Morgan fingerprint density at radius 1 is 1.38 bits per heavy atom. The van der Waals surface area contributed by atoms with Crippen molar-refractivity contribution in [3.63, 3.8) is 0 Å². The molecule has 6 heteroatoms. The summed E-state index contributed by atoms with van der Waals surface area (Å²) in [7, 11) is 1.64. The molecule has 130 valence electrons. The number of benzene rings is 1. The molecule has 2 atom stereocenters. The van der Waals surface area contributed by atoms with Crippen LogP contribution in [0.2, 0.25) is 0 Å². The first-order chi connectivity index (χ1) is 11.6. The lowest BCUT2D eigenvalue weighted by molar-refractivity contribution is -0.132. The molecule has 2 saturated heterocycles. The maximum absolute atomic E-state index is 12.6. The average Bonchev–Trinajstić information content (AvgIpc) is 2.89. The first-order valence-corrected chi connectivity index (χ1v) is 8.48. The molecular formula is C18H25N3O3. The smallest absolute Gasteiger partial charge is 0.318 e. The van der Waals surface area contributed by atoms with Crippen molar-refractivity contribution in [3.8, 4) is 0 Å². The van der Waals surface area contributed by atoms with Crippen LogP contribution in [-0.2, 0) is 16.0 Å². The van der Waals surface area contributed by atoms with Gasteiger partial charge < -0.3 is 19.9 Å². The Labute approximate surface area is 142 Å². The number of aryl methyl sites for hydroxylation is 1. The zero-order valence-electron chi connectivity index (χ0n) is 14.3. The Hall–Kier alpha value is -2.08. The van der Waals surface area contributed by atoms with Crippen LogP contribution in [0.3, 0.4) is 0 Å². The first-order valence-electron chi connectivity index (χ1n) is 8.48. The Morgan fingerprint density at radius 2 is 2.17 bits per heavy atom. The van der Waals surface area contributed by atoms with E-state index in [1.165, 1.54) is 0 Å². The summed E-state index contributed by atoms with van der Waals surface area (Å²) in [5, 5.41) is 3.01. The monoisotopic (exact) mass is 331 g/mol. The van der Waals surface area contributed by atoms with Gasteiger partial charge in [0.25, 0.3) is 0 Å². The number of urea groups is 1. The van der Waals surface area contributed by atoms with Crippen LogP contribution in [-0.4, -0.2) is 67.2 Å². The third-order valence-corrected chi connectivity index (χ3v) is 5.04. The molecule has 2 aliphatic heterocycles. The van der Waals surface area contributed by atoms with Gasteiger partial charge in [0, 0.05) is 26.7 Å². The van der Waals surface area contributed by atoms with Crippen molar-refractivity contribution in [2.24, 2.45) is 0 Å². The number of carbonyl (C=O) groups excluding carboxylic acids is 2. The van der Waals surface area contributed by atoms with Gasteiger partial charge in [-0.2, -0.15) is 0 Å². The van der Waals surface area contributed by atoms with Crippen LogP contribution in [0.5, 0.6) is 0 Å². The summed E-state index contributed by atoms with van der Waals surface area (Å²) in [6, 6.07) is 8.11. The number of hydrogen-bond acceptors (Lipinski definition) is 3. The number of hydrogen-bond donors (Lipinski definition) is 1. The fourth-order valence-corrected chi connectivity index (χ4v) is 3.61. The normalized spacial score (nSPS) is 23.2. The van der Waals surface area contributed by atoms with Crippen molar-refractivity contribution in [3.05, 3.63) is 35.4 Å². The van der Waals surface area contributed by atoms with Gasteiger partial charge in [-0.05, 0) is 24.5 Å². The second-order valence-corrected chi connectivity index (χ2v) is 6.54. The molecule has 0 unspecified atom stereocenters. The van der Waals surface area contributed by atoms with Crippen LogP contribution >= 0.6 is 0 Å². The van der Waals surface area contributed by atoms with E-state index in [1.807, 2.05) is 41.0 Å². The molecule has 0 spiro atoms. The minimum absolute atomic E-state index is 0.0175. The van der Waals surface area contributed by atoms with Crippen molar-refractivity contribution in [2.45, 2.75) is 31.8 Å². The molecule has 0 aliphatic carbocycles. The lowest BCUT2D eigenvalue weighted by Gasteiger charge is -2.36. The van der Waals surface area contributed by atoms with E-state index in [-0.39, 0.29) is 24.0 Å². The van der Waals surface area contributed by atoms with Gasteiger partial charge in [-0.1, -0.05) is 24.3 Å². The van der Waals surface area contributed by atoms with Gasteiger partial charge in [0.2, 0.25) is 5.91 Å². The molecule has 24 heavy (non-hydrogen) atoms. The number of likely N-dealkylation sites (tertiary alicyclic amines) is 1. The number of piperidine rings is 1. The summed E-state index contributed by atoms with van der Waals surface area (Å²) in [6.45, 7) is 4.45. The van der Waals surface area contributed by atoms with E-state index in [1.54, 1.807) is 7.11 Å². The van der Waals surface area contributed by atoms with Gasteiger partial charge in [-0.25, -0.2) is 4.79 Å². The minimum atomic E-state index is -0.0461. The number of amides is 3. The first kappa shape index (κ1) is 16.8. The van der Waals surface area contributed by atoms with E-state index in [9.17, 15) is 9.59 Å². The molecule has 3 rings (SSSR count). The predicted octanol–water partition coefficient (Wildman–Crippen LogP) is 1.18. The molecule has 2 aliphatic rings. The molecular weight excluding hydrogens is 306 g/mol. The third kappa shape index (κ3) is 3.38. The van der Waals surface area contributed by atoms with Crippen LogP contribution in [0.25, 0.3) is 0 Å². The molecule has 0 aromatic heterocycles. The Balaban J connectivity index is 1.60. The molecule has 1 aromatic carbocycles. The van der Waals surface area contributed by atoms with Gasteiger partial charge in [-0.3, -0.25) is 4.79 Å². The predicted molar refractivity (Wildman–Crippen MR) is 90.8 cm³/mol. The van der Waals surface area contributed by atoms with Crippen molar-refractivity contribution in [1.29, 1.82) is 0 Å². The van der Waals surface area contributed by atoms with E-state index < -0.39 is 0 Å². The number of ether oxygens (including phenoxy) is 1. The van der Waals surface area contributed by atoms with E-state index in [0.717, 1.165) is 17.5 Å². The van der Waals surface area contributed by atoms with Gasteiger partial charge >= 0.3 is 6.03 Å². The molecule has 1 N–H and O–H groups in total. The average molecular weight is 331 g/mol. The summed E-state index contributed by atoms with van der Waals surface area (Å²) in [4.78, 5) is 28.5. The van der Waals surface area contributed by atoms with E-state index in [2.05, 4.69) is 5.32 Å². The van der Waals surface area contributed by atoms with Gasteiger partial charge in [-0.15, -0.1) is 0 Å². The Bertz CT molecular complexity index is 619. The molecule has 0 bridgehead atoms. The summed E-state index contributed by atoms with van der Waals surface area (Å²) in [5.41, 5.74) is 2.21.